The van der Waals surface area contributed by atoms with E-state index in [2.05, 4.69) is 27.7 Å². The standard InChI is InChI=1S/C11H13NO6S.C2H4N4S2/c13-11(9-1-3-10(19)4-2-9)17-7-5-16-6-8-18-12(14)15;3-1-5-6-2(7-1)8-4/h1-4,19H,5-8H2;4H2,(H2,3,5). The molecular formula is C13H17N5O6S3. The first kappa shape index (κ1) is 22.9. The number of carbonyl (C=O) groups is 1. The van der Waals surface area contributed by atoms with Gasteiger partial charge in [-0.25, -0.2) is 4.79 Å². The van der Waals surface area contributed by atoms with E-state index in [4.69, 9.17) is 20.3 Å². The van der Waals surface area contributed by atoms with E-state index in [1.165, 1.54) is 11.3 Å². The van der Waals surface area contributed by atoms with Crippen LogP contribution in [-0.4, -0.2) is 47.7 Å². The number of hydrogen-bond donors (Lipinski definition) is 3. The summed E-state index contributed by atoms with van der Waals surface area (Å²) in [5.74, 6) is -0.460. The first-order chi connectivity index (χ1) is 12.9. The van der Waals surface area contributed by atoms with Gasteiger partial charge >= 0.3 is 5.97 Å². The summed E-state index contributed by atoms with van der Waals surface area (Å²) in [6.45, 7) is 0.134. The number of esters is 1. The molecule has 2 aromatic rings. The van der Waals surface area contributed by atoms with Crippen molar-refractivity contribution in [2.45, 2.75) is 9.24 Å². The zero-order valence-electron chi connectivity index (χ0n) is 13.8. The van der Waals surface area contributed by atoms with Crippen molar-refractivity contribution < 1.29 is 24.2 Å². The average molecular weight is 436 g/mol. The van der Waals surface area contributed by atoms with Gasteiger partial charge in [-0.2, -0.15) is 0 Å². The van der Waals surface area contributed by atoms with Crippen molar-refractivity contribution in [1.29, 1.82) is 0 Å². The molecule has 1 heterocycles. The number of anilines is 1. The number of aromatic nitrogens is 2. The van der Waals surface area contributed by atoms with Crippen molar-refractivity contribution in [1.82, 2.24) is 10.2 Å². The van der Waals surface area contributed by atoms with Crippen LogP contribution in [-0.2, 0) is 14.3 Å². The highest BCUT2D eigenvalue weighted by Crippen LogP contribution is 2.17. The molecule has 0 saturated heterocycles. The number of hydrogen-bond acceptors (Lipinski definition) is 13. The van der Waals surface area contributed by atoms with Gasteiger partial charge in [-0.3, -0.25) is 5.14 Å². The topological polar surface area (TPSA) is 166 Å². The molecule has 14 heteroatoms. The maximum Gasteiger partial charge on any atom is 0.338 e. The summed E-state index contributed by atoms with van der Waals surface area (Å²) in [4.78, 5) is 26.1. The third kappa shape index (κ3) is 10.6. The highest BCUT2D eigenvalue weighted by molar-refractivity contribution is 7.98. The van der Waals surface area contributed by atoms with Crippen LogP contribution in [0.1, 0.15) is 10.4 Å². The van der Waals surface area contributed by atoms with Crippen LogP contribution in [0.5, 0.6) is 0 Å². The summed E-state index contributed by atoms with van der Waals surface area (Å²) < 4.78 is 10.6. The Labute approximate surface area is 168 Å². The van der Waals surface area contributed by atoms with Gasteiger partial charge in [0.2, 0.25) is 5.13 Å². The number of nitrogens with two attached hydrogens (primary N) is 2. The summed E-state index contributed by atoms with van der Waals surface area (Å²) >= 11 is 6.44. The van der Waals surface area contributed by atoms with Crippen LogP contribution in [0, 0.1) is 10.1 Å². The van der Waals surface area contributed by atoms with Crippen LogP contribution in [0.4, 0.5) is 5.13 Å². The Morgan fingerprint density at radius 1 is 1.22 bits per heavy atom. The van der Waals surface area contributed by atoms with E-state index in [0.29, 0.717) is 15.0 Å². The predicted molar refractivity (Wildman–Crippen MR) is 102 cm³/mol. The van der Waals surface area contributed by atoms with Crippen molar-refractivity contribution >= 4 is 47.0 Å². The van der Waals surface area contributed by atoms with Gasteiger partial charge in [0.15, 0.2) is 4.34 Å². The molecule has 0 unspecified atom stereocenters. The molecule has 0 aliphatic heterocycles. The molecule has 0 aliphatic carbocycles. The Morgan fingerprint density at radius 3 is 2.41 bits per heavy atom. The Bertz CT molecular complexity index is 715. The van der Waals surface area contributed by atoms with Crippen LogP contribution in [0.15, 0.2) is 33.5 Å². The van der Waals surface area contributed by atoms with Gasteiger partial charge in [0.05, 0.1) is 18.8 Å². The SMILES string of the molecule is NSc1nnc(N)s1.O=C(OCCOCCO[N+](=O)[O-])c1ccc(S)cc1. The van der Waals surface area contributed by atoms with Gasteiger partial charge in [0.1, 0.15) is 13.2 Å². The minimum absolute atomic E-state index is 0.0624. The van der Waals surface area contributed by atoms with Crippen molar-refractivity contribution in [3.63, 3.8) is 0 Å². The summed E-state index contributed by atoms with van der Waals surface area (Å²) in [6.07, 6.45) is 0. The van der Waals surface area contributed by atoms with Crippen LogP contribution in [0.2, 0.25) is 0 Å². The van der Waals surface area contributed by atoms with E-state index < -0.39 is 11.1 Å². The fraction of sp³-hybridized carbons (Fsp3) is 0.308. The lowest BCUT2D eigenvalue weighted by Crippen LogP contribution is -2.14. The first-order valence-electron chi connectivity index (χ1n) is 7.19. The quantitative estimate of drug-likeness (QED) is 0.130. The summed E-state index contributed by atoms with van der Waals surface area (Å²) in [5.41, 5.74) is 5.66. The first-order valence-corrected chi connectivity index (χ1v) is 9.33. The highest BCUT2D eigenvalue weighted by Gasteiger charge is 2.06. The van der Waals surface area contributed by atoms with Gasteiger partial charge < -0.3 is 20.0 Å². The number of nitrogens with zero attached hydrogens (tertiary/aromatic N) is 3. The number of carbonyl (C=O) groups excluding carboxylic acids is 1. The summed E-state index contributed by atoms with van der Waals surface area (Å²) in [7, 11) is 0. The molecule has 11 nitrogen and oxygen atoms in total. The number of ether oxygens (including phenoxy) is 2. The van der Waals surface area contributed by atoms with Crippen molar-refractivity contribution in [3.05, 3.63) is 39.9 Å². The third-order valence-corrected chi connectivity index (χ3v) is 4.18. The molecule has 27 heavy (non-hydrogen) atoms. The Hall–Kier alpha value is -2.13. The molecule has 0 atom stereocenters. The van der Waals surface area contributed by atoms with Gasteiger partial charge in [0, 0.05) is 4.90 Å². The second-order valence-corrected chi connectivity index (χ2v) is 6.78. The minimum atomic E-state index is -0.894. The van der Waals surface area contributed by atoms with Crippen LogP contribution >= 0.6 is 35.9 Å². The van der Waals surface area contributed by atoms with Gasteiger partial charge in [0.25, 0.3) is 5.09 Å². The zero-order chi connectivity index (χ0) is 20.1. The van der Waals surface area contributed by atoms with E-state index in [1.807, 2.05) is 0 Å². The van der Waals surface area contributed by atoms with Gasteiger partial charge in [-0.15, -0.1) is 32.9 Å². The molecule has 1 aromatic carbocycles. The van der Waals surface area contributed by atoms with Crippen LogP contribution in [0.25, 0.3) is 0 Å². The monoisotopic (exact) mass is 435 g/mol. The average Bonchev–Trinajstić information content (AvgIpc) is 3.07. The molecule has 0 fully saturated rings. The molecule has 2 rings (SSSR count). The molecule has 1 aromatic heterocycles. The number of benzene rings is 1. The Kier molecular flexibility index (Phi) is 11.1. The maximum atomic E-state index is 11.5. The highest BCUT2D eigenvalue weighted by atomic mass is 32.2. The number of thiol groups is 1. The van der Waals surface area contributed by atoms with Crippen molar-refractivity contribution in [2.24, 2.45) is 5.14 Å². The summed E-state index contributed by atoms with van der Waals surface area (Å²) in [6, 6.07) is 6.59. The van der Waals surface area contributed by atoms with E-state index in [-0.39, 0.29) is 26.4 Å². The lowest BCUT2D eigenvalue weighted by Gasteiger charge is -2.06. The van der Waals surface area contributed by atoms with E-state index in [1.54, 1.807) is 24.3 Å². The number of rotatable bonds is 9. The zero-order valence-corrected chi connectivity index (χ0v) is 16.4. The molecule has 0 spiro atoms. The molecule has 0 bridgehead atoms. The third-order valence-electron chi connectivity index (χ3n) is 2.51. The lowest BCUT2D eigenvalue weighted by atomic mass is 10.2. The fourth-order valence-electron chi connectivity index (χ4n) is 1.41. The maximum absolute atomic E-state index is 11.5. The second kappa shape index (κ2) is 13.1. The van der Waals surface area contributed by atoms with Crippen LogP contribution < -0.4 is 10.9 Å². The molecule has 0 saturated carbocycles. The Morgan fingerprint density at radius 2 is 1.89 bits per heavy atom. The number of nitrogen functional groups attached to an aromatic ring is 1. The molecule has 0 radical (unpaired) electrons. The van der Waals surface area contributed by atoms with E-state index >= 15 is 0 Å². The van der Waals surface area contributed by atoms with Gasteiger partial charge in [-0.05, 0) is 36.2 Å². The molecule has 148 valence electrons. The second-order valence-electron chi connectivity index (χ2n) is 4.38. The van der Waals surface area contributed by atoms with Gasteiger partial charge in [-0.1, -0.05) is 11.3 Å². The molecular weight excluding hydrogens is 418 g/mol. The fourth-order valence-corrected chi connectivity index (χ4v) is 2.44. The molecule has 0 aliphatic rings. The molecule has 4 N–H and O–H groups in total. The smallest absolute Gasteiger partial charge is 0.338 e. The van der Waals surface area contributed by atoms with Crippen molar-refractivity contribution in [3.8, 4) is 0 Å². The lowest BCUT2D eigenvalue weighted by molar-refractivity contribution is -0.758. The predicted octanol–water partition coefficient (Wildman–Crippen LogP) is 1.44. The van der Waals surface area contributed by atoms with Crippen LogP contribution in [0.3, 0.4) is 0 Å². The summed E-state index contributed by atoms with van der Waals surface area (Å²) in [5, 5.41) is 21.7. The Balaban J connectivity index is 0.000000377. The van der Waals surface area contributed by atoms with E-state index in [0.717, 1.165) is 16.8 Å². The minimum Gasteiger partial charge on any atom is -0.460 e. The normalized spacial score (nSPS) is 9.85. The van der Waals surface area contributed by atoms with Crippen molar-refractivity contribution in [2.75, 3.05) is 32.2 Å². The van der Waals surface area contributed by atoms with E-state index in [9.17, 15) is 14.9 Å². The largest absolute Gasteiger partial charge is 0.460 e. The molecule has 0 amide bonds.